The van der Waals surface area contributed by atoms with Crippen LogP contribution in [0.25, 0.3) is 6.08 Å². The molecule has 2 rings (SSSR count). The summed E-state index contributed by atoms with van der Waals surface area (Å²) in [4.78, 5) is 22.8. The maximum Gasteiger partial charge on any atom is 0.276 e. The smallest absolute Gasteiger partial charge is 0.276 e. The topological polar surface area (TPSA) is 96.0 Å². The lowest BCUT2D eigenvalue weighted by atomic mass is 9.86. The molecule has 2 atom stereocenters. The van der Waals surface area contributed by atoms with Crippen molar-refractivity contribution in [3.05, 3.63) is 45.5 Å². The third kappa shape index (κ3) is 4.16. The molecule has 0 aliphatic heterocycles. The van der Waals surface area contributed by atoms with Gasteiger partial charge in [-0.15, -0.1) is 0 Å². The first-order chi connectivity index (χ1) is 11.0. The van der Waals surface area contributed by atoms with E-state index in [4.69, 9.17) is 0 Å². The predicted molar refractivity (Wildman–Crippen MR) is 86.2 cm³/mol. The number of nitrogens with zero attached hydrogens (tertiary/aromatic N) is 2. The molecule has 1 N–H and O–H groups in total. The maximum atomic E-state index is 12.3. The molecule has 0 heterocycles. The number of carbonyl (C=O) groups is 1. The Labute approximate surface area is 135 Å². The van der Waals surface area contributed by atoms with Gasteiger partial charge in [-0.1, -0.05) is 31.9 Å². The van der Waals surface area contributed by atoms with Gasteiger partial charge in [-0.25, -0.2) is 0 Å². The predicted octanol–water partition coefficient (Wildman–Crippen LogP) is 3.20. The Hall–Kier alpha value is -2.68. The van der Waals surface area contributed by atoms with Gasteiger partial charge in [-0.05, 0) is 30.9 Å². The van der Waals surface area contributed by atoms with E-state index in [1.165, 1.54) is 18.2 Å². The summed E-state index contributed by atoms with van der Waals surface area (Å²) in [6, 6.07) is 7.95. The zero-order chi connectivity index (χ0) is 16.8. The molecule has 0 radical (unpaired) electrons. The Balaban J connectivity index is 2.20. The van der Waals surface area contributed by atoms with E-state index >= 15 is 0 Å². The van der Waals surface area contributed by atoms with E-state index in [0.717, 1.165) is 25.7 Å². The summed E-state index contributed by atoms with van der Waals surface area (Å²) in [6.45, 7) is 2.09. The summed E-state index contributed by atoms with van der Waals surface area (Å²) in [7, 11) is 0. The zero-order valence-electron chi connectivity index (χ0n) is 13.0. The molecule has 1 aromatic rings. The van der Waals surface area contributed by atoms with Crippen LogP contribution < -0.4 is 5.32 Å². The lowest BCUT2D eigenvalue weighted by molar-refractivity contribution is -0.385. The number of rotatable bonds is 4. The van der Waals surface area contributed by atoms with Crippen LogP contribution in [-0.2, 0) is 4.79 Å². The van der Waals surface area contributed by atoms with Crippen LogP contribution in [0.5, 0.6) is 0 Å². The second kappa shape index (κ2) is 7.54. The molecule has 6 heteroatoms. The maximum absolute atomic E-state index is 12.3. The minimum absolute atomic E-state index is 0.0544. The molecule has 1 amide bonds. The van der Waals surface area contributed by atoms with Crippen molar-refractivity contribution in [3.63, 3.8) is 0 Å². The van der Waals surface area contributed by atoms with Gasteiger partial charge in [0.05, 0.1) is 10.5 Å². The molecule has 0 unspecified atom stereocenters. The number of nitrogens with one attached hydrogen (secondary N) is 1. The second-order valence-corrected chi connectivity index (χ2v) is 5.83. The highest BCUT2D eigenvalue weighted by atomic mass is 16.6. The van der Waals surface area contributed by atoms with E-state index in [-0.39, 0.29) is 22.9 Å². The van der Waals surface area contributed by atoms with Crippen molar-refractivity contribution in [1.29, 1.82) is 5.26 Å². The largest absolute Gasteiger partial charge is 0.348 e. The van der Waals surface area contributed by atoms with Gasteiger partial charge in [-0.2, -0.15) is 5.26 Å². The highest BCUT2D eigenvalue weighted by Crippen LogP contribution is 2.24. The monoisotopic (exact) mass is 313 g/mol. The quantitative estimate of drug-likeness (QED) is 0.399. The zero-order valence-corrected chi connectivity index (χ0v) is 13.0. The third-order valence-corrected chi connectivity index (χ3v) is 4.23. The Bertz CT molecular complexity index is 676. The van der Waals surface area contributed by atoms with Crippen molar-refractivity contribution in [2.75, 3.05) is 0 Å². The van der Waals surface area contributed by atoms with Crippen molar-refractivity contribution >= 4 is 17.7 Å². The van der Waals surface area contributed by atoms with Gasteiger partial charge < -0.3 is 5.32 Å². The number of hydrogen-bond donors (Lipinski definition) is 1. The van der Waals surface area contributed by atoms with Gasteiger partial charge in [-0.3, -0.25) is 14.9 Å². The summed E-state index contributed by atoms with van der Waals surface area (Å²) >= 11 is 0. The molecule has 0 aromatic heterocycles. The minimum atomic E-state index is -0.526. The Morgan fingerprint density at radius 1 is 1.39 bits per heavy atom. The Morgan fingerprint density at radius 2 is 2.09 bits per heavy atom. The van der Waals surface area contributed by atoms with Crippen LogP contribution in [0.2, 0.25) is 0 Å². The van der Waals surface area contributed by atoms with E-state index in [9.17, 15) is 20.2 Å². The van der Waals surface area contributed by atoms with Gasteiger partial charge in [0.25, 0.3) is 11.6 Å². The molecule has 1 saturated carbocycles. The number of hydrogen-bond acceptors (Lipinski definition) is 4. The molecule has 120 valence electrons. The van der Waals surface area contributed by atoms with Crippen molar-refractivity contribution in [2.24, 2.45) is 5.92 Å². The summed E-state index contributed by atoms with van der Waals surface area (Å²) in [6.07, 6.45) is 5.45. The van der Waals surface area contributed by atoms with E-state index in [1.54, 1.807) is 12.1 Å². The number of nitro groups is 1. The van der Waals surface area contributed by atoms with Crippen molar-refractivity contribution in [3.8, 4) is 6.07 Å². The third-order valence-electron chi connectivity index (χ3n) is 4.23. The van der Waals surface area contributed by atoms with E-state index < -0.39 is 10.8 Å². The molecule has 0 saturated heterocycles. The normalized spacial score (nSPS) is 21.3. The van der Waals surface area contributed by atoms with Gasteiger partial charge >= 0.3 is 0 Å². The lowest BCUT2D eigenvalue weighted by Gasteiger charge is -2.29. The fraction of sp³-hybridized carbons (Fsp3) is 0.412. The lowest BCUT2D eigenvalue weighted by Crippen LogP contribution is -2.41. The van der Waals surface area contributed by atoms with Crippen molar-refractivity contribution in [2.45, 2.75) is 38.6 Å². The Kier molecular flexibility index (Phi) is 5.47. The molecule has 1 aliphatic carbocycles. The first-order valence-electron chi connectivity index (χ1n) is 7.69. The second-order valence-electron chi connectivity index (χ2n) is 5.83. The van der Waals surface area contributed by atoms with E-state index in [1.807, 2.05) is 6.07 Å². The highest BCUT2D eigenvalue weighted by Gasteiger charge is 2.24. The van der Waals surface area contributed by atoms with Crippen LogP contribution >= 0.6 is 0 Å². The summed E-state index contributed by atoms with van der Waals surface area (Å²) in [5, 5.41) is 23.1. The average Bonchev–Trinajstić information content (AvgIpc) is 2.54. The number of benzene rings is 1. The average molecular weight is 313 g/mol. The number of nitro benzene ring substituents is 1. The van der Waals surface area contributed by atoms with E-state index in [2.05, 4.69) is 12.2 Å². The van der Waals surface area contributed by atoms with Crippen LogP contribution in [0.15, 0.2) is 29.8 Å². The van der Waals surface area contributed by atoms with Crippen molar-refractivity contribution < 1.29 is 9.72 Å². The van der Waals surface area contributed by atoms with E-state index in [0.29, 0.717) is 5.92 Å². The summed E-state index contributed by atoms with van der Waals surface area (Å²) in [5.41, 5.74) is 0.0112. The van der Waals surface area contributed by atoms with Gasteiger partial charge in [0.1, 0.15) is 11.6 Å². The minimum Gasteiger partial charge on any atom is -0.348 e. The van der Waals surface area contributed by atoms with Crippen LogP contribution in [0.3, 0.4) is 0 Å². The SMILES string of the molecule is C[C@@H]1CCCC[C@H]1NC(=O)/C(C#N)=C/c1ccccc1[N+](=O)[O-]. The van der Waals surface area contributed by atoms with Gasteiger partial charge in [0.2, 0.25) is 0 Å². The van der Waals surface area contributed by atoms with Crippen LogP contribution in [0.1, 0.15) is 38.2 Å². The van der Waals surface area contributed by atoms with Crippen LogP contribution in [-0.4, -0.2) is 16.9 Å². The van der Waals surface area contributed by atoms with Crippen LogP contribution in [0.4, 0.5) is 5.69 Å². The number of para-hydroxylation sites is 1. The number of nitriles is 1. The standard InChI is InChI=1S/C17H19N3O3/c1-12-6-2-4-8-15(12)19-17(21)14(11-18)10-13-7-3-5-9-16(13)20(22)23/h3,5,7,9-10,12,15H,2,4,6,8H2,1H3,(H,19,21)/b14-10+/t12-,15-/m1/s1. The molecule has 1 fully saturated rings. The number of carbonyl (C=O) groups excluding carboxylic acids is 1. The summed E-state index contributed by atoms with van der Waals surface area (Å²) in [5.74, 6) is -0.0943. The fourth-order valence-corrected chi connectivity index (χ4v) is 2.86. The highest BCUT2D eigenvalue weighted by molar-refractivity contribution is 6.02. The molecule has 23 heavy (non-hydrogen) atoms. The first kappa shape index (κ1) is 16.7. The van der Waals surface area contributed by atoms with Crippen molar-refractivity contribution in [1.82, 2.24) is 5.32 Å². The van der Waals surface area contributed by atoms with Gasteiger partial charge in [0, 0.05) is 12.1 Å². The van der Waals surface area contributed by atoms with Gasteiger partial charge in [0.15, 0.2) is 0 Å². The Morgan fingerprint density at radius 3 is 2.74 bits per heavy atom. The molecule has 1 aromatic carbocycles. The van der Waals surface area contributed by atoms with Crippen LogP contribution in [0, 0.1) is 27.4 Å². The number of amides is 1. The summed E-state index contributed by atoms with van der Waals surface area (Å²) < 4.78 is 0. The molecular weight excluding hydrogens is 294 g/mol. The molecule has 6 nitrogen and oxygen atoms in total. The molecule has 0 spiro atoms. The first-order valence-corrected chi connectivity index (χ1v) is 7.69. The molecule has 1 aliphatic rings. The molecule has 0 bridgehead atoms. The molecular formula is C17H19N3O3. The fourth-order valence-electron chi connectivity index (χ4n) is 2.86.